The highest BCUT2D eigenvalue weighted by molar-refractivity contribution is 5.82. The second kappa shape index (κ2) is 8.40. The van der Waals surface area contributed by atoms with Crippen LogP contribution in [0.25, 0.3) is 0 Å². The molecule has 5 aliphatic rings. The van der Waals surface area contributed by atoms with Crippen molar-refractivity contribution < 1.29 is 14.0 Å². The molecule has 5 rings (SSSR count). The van der Waals surface area contributed by atoms with Gasteiger partial charge < -0.3 is 15.5 Å². The van der Waals surface area contributed by atoms with Crippen LogP contribution in [0.4, 0.5) is 4.39 Å². The fourth-order valence-electron chi connectivity index (χ4n) is 7.43. The summed E-state index contributed by atoms with van der Waals surface area (Å²) in [6.07, 6.45) is 10.0. The van der Waals surface area contributed by atoms with Gasteiger partial charge in [-0.05, 0) is 69.1 Å². The molecule has 0 bridgehead atoms. The van der Waals surface area contributed by atoms with Gasteiger partial charge in [0, 0.05) is 37.0 Å². The van der Waals surface area contributed by atoms with Crippen molar-refractivity contribution in [2.24, 2.45) is 23.7 Å². The molecule has 3 saturated heterocycles. The molecule has 2 amide bonds. The molecule has 30 heavy (non-hydrogen) atoms. The fraction of sp³-hybridized carbons (Fsp3) is 0.917. The topological polar surface area (TPSA) is 61.4 Å². The minimum atomic E-state index is -0.760. The molecular formula is C24H38FN3O2. The summed E-state index contributed by atoms with van der Waals surface area (Å²) in [5.41, 5.74) is 0. The quantitative estimate of drug-likeness (QED) is 0.739. The maximum absolute atomic E-state index is 14.4. The number of halogens is 1. The van der Waals surface area contributed by atoms with Gasteiger partial charge in [0.15, 0.2) is 0 Å². The van der Waals surface area contributed by atoms with Gasteiger partial charge in [-0.2, -0.15) is 0 Å². The summed E-state index contributed by atoms with van der Waals surface area (Å²) in [4.78, 5) is 27.1. The Morgan fingerprint density at radius 1 is 1.07 bits per heavy atom. The second-order valence-corrected chi connectivity index (χ2v) is 10.9. The van der Waals surface area contributed by atoms with Crippen LogP contribution in [-0.2, 0) is 9.59 Å². The van der Waals surface area contributed by atoms with Crippen molar-refractivity contribution in [1.82, 2.24) is 15.5 Å². The number of fused-ring (bicyclic) bond motifs is 2. The van der Waals surface area contributed by atoms with Crippen molar-refractivity contribution in [3.8, 4) is 0 Å². The Labute approximate surface area is 179 Å². The van der Waals surface area contributed by atoms with Crippen LogP contribution >= 0.6 is 0 Å². The first-order chi connectivity index (χ1) is 14.5. The maximum Gasteiger partial charge on any atom is 0.237 e. The van der Waals surface area contributed by atoms with Gasteiger partial charge in [-0.3, -0.25) is 9.59 Å². The molecule has 168 valence electrons. The predicted molar refractivity (Wildman–Crippen MR) is 113 cm³/mol. The van der Waals surface area contributed by atoms with E-state index in [1.54, 1.807) is 0 Å². The van der Waals surface area contributed by atoms with Crippen LogP contribution in [0.15, 0.2) is 0 Å². The van der Waals surface area contributed by atoms with E-state index >= 15 is 0 Å². The molecule has 2 N–H and O–H groups in total. The average molecular weight is 420 g/mol. The van der Waals surface area contributed by atoms with Gasteiger partial charge in [0.05, 0.1) is 6.04 Å². The van der Waals surface area contributed by atoms with E-state index in [1.807, 2.05) is 0 Å². The van der Waals surface area contributed by atoms with Crippen LogP contribution in [0, 0.1) is 23.7 Å². The molecule has 0 aromatic heterocycles. The number of carbonyl (C=O) groups is 2. The number of piperidine rings is 1. The van der Waals surface area contributed by atoms with Gasteiger partial charge in [-0.25, -0.2) is 4.39 Å². The van der Waals surface area contributed by atoms with Crippen molar-refractivity contribution in [3.63, 3.8) is 0 Å². The van der Waals surface area contributed by atoms with Crippen LogP contribution in [0.3, 0.4) is 0 Å². The summed E-state index contributed by atoms with van der Waals surface area (Å²) < 4.78 is 14.4. The second-order valence-electron chi connectivity index (χ2n) is 10.9. The maximum atomic E-state index is 14.4. The molecule has 6 heteroatoms. The molecule has 2 saturated carbocycles. The third-order valence-corrected chi connectivity index (χ3v) is 9.15. The van der Waals surface area contributed by atoms with Gasteiger partial charge in [0.2, 0.25) is 11.8 Å². The molecular weight excluding hydrogens is 381 g/mol. The van der Waals surface area contributed by atoms with Crippen molar-refractivity contribution in [1.29, 1.82) is 0 Å². The molecule has 0 radical (unpaired) electrons. The van der Waals surface area contributed by atoms with E-state index in [2.05, 4.69) is 22.5 Å². The highest BCUT2D eigenvalue weighted by Gasteiger charge is 2.47. The van der Waals surface area contributed by atoms with Gasteiger partial charge in [0.1, 0.15) is 6.17 Å². The zero-order chi connectivity index (χ0) is 20.8. The van der Waals surface area contributed by atoms with Crippen LogP contribution in [0.5, 0.6) is 0 Å². The molecule has 9 unspecified atom stereocenters. The lowest BCUT2D eigenvalue weighted by Crippen LogP contribution is -2.50. The zero-order valence-corrected chi connectivity index (χ0v) is 18.3. The standard InChI is InChI=1S/C24H38FN3O2/c1-14-5-7-20(25)19-13-21(27-23(14)19)24(30)26-17-4-2-3-15(11-17)16-9-10-28-18(12-16)6-8-22(28)29/h14-21,23,27H,2-13H2,1H3,(H,26,30). The van der Waals surface area contributed by atoms with Crippen LogP contribution in [-0.4, -0.2) is 53.6 Å². The first kappa shape index (κ1) is 20.7. The number of amides is 2. The highest BCUT2D eigenvalue weighted by atomic mass is 19.1. The Hall–Kier alpha value is -1.17. The molecule has 5 fully saturated rings. The van der Waals surface area contributed by atoms with E-state index in [0.717, 1.165) is 51.5 Å². The molecule has 0 spiro atoms. The lowest BCUT2D eigenvalue weighted by atomic mass is 9.72. The van der Waals surface area contributed by atoms with Crippen LogP contribution < -0.4 is 10.6 Å². The summed E-state index contributed by atoms with van der Waals surface area (Å²) in [6.45, 7) is 3.12. The Bertz CT molecular complexity index is 655. The Kier molecular flexibility index (Phi) is 5.80. The first-order valence-corrected chi connectivity index (χ1v) is 12.5. The molecule has 3 aliphatic heterocycles. The monoisotopic (exact) mass is 419 g/mol. The van der Waals surface area contributed by atoms with Crippen LogP contribution in [0.1, 0.15) is 77.6 Å². The van der Waals surface area contributed by atoms with Gasteiger partial charge in [-0.15, -0.1) is 0 Å². The minimum absolute atomic E-state index is 0.00270. The van der Waals surface area contributed by atoms with E-state index in [1.165, 1.54) is 12.8 Å². The van der Waals surface area contributed by atoms with Crippen molar-refractivity contribution in [2.45, 2.75) is 108 Å². The predicted octanol–water partition coefficient (Wildman–Crippen LogP) is 3.18. The fourth-order valence-corrected chi connectivity index (χ4v) is 7.43. The van der Waals surface area contributed by atoms with E-state index in [0.29, 0.717) is 42.5 Å². The Morgan fingerprint density at radius 2 is 1.90 bits per heavy atom. The third-order valence-electron chi connectivity index (χ3n) is 9.15. The normalized spacial score (nSPS) is 46.4. The number of nitrogens with zero attached hydrogens (tertiary/aromatic N) is 1. The molecule has 9 atom stereocenters. The SMILES string of the molecule is CC1CCC(F)C2CC(C(=O)NC3CCCC(C4CCN5C(=O)CCC5C4)C3)NC12. The molecule has 2 aliphatic carbocycles. The number of rotatable bonds is 3. The van der Waals surface area contributed by atoms with Gasteiger partial charge in [0.25, 0.3) is 0 Å². The molecule has 0 aromatic rings. The zero-order valence-electron chi connectivity index (χ0n) is 18.3. The number of hydrogen-bond acceptors (Lipinski definition) is 3. The van der Waals surface area contributed by atoms with E-state index < -0.39 is 6.17 Å². The van der Waals surface area contributed by atoms with Crippen molar-refractivity contribution in [2.75, 3.05) is 6.54 Å². The van der Waals surface area contributed by atoms with E-state index in [4.69, 9.17) is 0 Å². The summed E-state index contributed by atoms with van der Waals surface area (Å²) in [6, 6.07) is 0.644. The minimum Gasteiger partial charge on any atom is -0.352 e. The number of hydrogen-bond donors (Lipinski definition) is 2. The first-order valence-electron chi connectivity index (χ1n) is 12.5. The molecule has 0 aromatic carbocycles. The Morgan fingerprint density at radius 3 is 2.73 bits per heavy atom. The van der Waals surface area contributed by atoms with Crippen molar-refractivity contribution >= 4 is 11.8 Å². The average Bonchev–Trinajstić information content (AvgIpc) is 3.36. The highest BCUT2D eigenvalue weighted by Crippen LogP contribution is 2.41. The Balaban J connectivity index is 1.14. The summed E-state index contributed by atoms with van der Waals surface area (Å²) in [5.74, 6) is 2.25. The van der Waals surface area contributed by atoms with Gasteiger partial charge in [-0.1, -0.05) is 19.8 Å². The lowest BCUT2D eigenvalue weighted by Gasteiger charge is -2.41. The van der Waals surface area contributed by atoms with E-state index in [-0.39, 0.29) is 30.0 Å². The summed E-state index contributed by atoms with van der Waals surface area (Å²) in [5, 5.41) is 6.81. The lowest BCUT2D eigenvalue weighted by molar-refractivity contribution is -0.130. The number of nitrogens with one attached hydrogen (secondary N) is 2. The van der Waals surface area contributed by atoms with Gasteiger partial charge >= 0.3 is 0 Å². The van der Waals surface area contributed by atoms with Crippen LogP contribution in [0.2, 0.25) is 0 Å². The third kappa shape index (κ3) is 3.89. The number of alkyl halides is 1. The molecule has 3 heterocycles. The largest absolute Gasteiger partial charge is 0.352 e. The summed E-state index contributed by atoms with van der Waals surface area (Å²) in [7, 11) is 0. The van der Waals surface area contributed by atoms with Crippen molar-refractivity contribution in [3.05, 3.63) is 0 Å². The summed E-state index contributed by atoms with van der Waals surface area (Å²) >= 11 is 0. The van der Waals surface area contributed by atoms with E-state index in [9.17, 15) is 14.0 Å². The smallest absolute Gasteiger partial charge is 0.237 e. The number of carbonyl (C=O) groups excluding carboxylic acids is 2. The molecule has 5 nitrogen and oxygen atoms in total.